The van der Waals surface area contributed by atoms with Crippen LogP contribution in [0.2, 0.25) is 0 Å². The maximum absolute atomic E-state index is 12.5. The number of aromatic nitrogens is 1. The first-order chi connectivity index (χ1) is 11.6. The highest BCUT2D eigenvalue weighted by Gasteiger charge is 2.26. The van der Waals surface area contributed by atoms with E-state index in [4.69, 9.17) is 0 Å². The van der Waals surface area contributed by atoms with E-state index in [-0.39, 0.29) is 18.0 Å². The summed E-state index contributed by atoms with van der Waals surface area (Å²) in [7, 11) is 1.74. The Morgan fingerprint density at radius 2 is 2.21 bits per heavy atom. The first kappa shape index (κ1) is 16.7. The number of amides is 3. The van der Waals surface area contributed by atoms with Gasteiger partial charge < -0.3 is 15.5 Å². The minimum absolute atomic E-state index is 0.0955. The van der Waals surface area contributed by atoms with Crippen molar-refractivity contribution in [1.29, 1.82) is 0 Å². The number of fused-ring (bicyclic) bond motifs is 1. The summed E-state index contributed by atoms with van der Waals surface area (Å²) in [5, 5.41) is 6.57. The highest BCUT2D eigenvalue weighted by Crippen LogP contribution is 2.28. The standard InChI is InChI=1S/C17H22N4O2S/c1-11(16-19-12-7-3-4-9-14(12)24-16)21(2)17(23)20-13-8-5-6-10-18-15(13)22/h3-4,7,9,11,13H,5-6,8,10H2,1-2H3,(H,18,22)(H,20,23). The van der Waals surface area contributed by atoms with Gasteiger partial charge in [-0.05, 0) is 38.3 Å². The number of benzene rings is 1. The summed E-state index contributed by atoms with van der Waals surface area (Å²) in [6.45, 7) is 2.63. The Balaban J connectivity index is 1.68. The third kappa shape index (κ3) is 3.51. The molecular formula is C17H22N4O2S. The molecular weight excluding hydrogens is 324 g/mol. The molecule has 2 N–H and O–H groups in total. The van der Waals surface area contributed by atoms with Crippen LogP contribution in [0.15, 0.2) is 24.3 Å². The van der Waals surface area contributed by atoms with Gasteiger partial charge in [-0.25, -0.2) is 9.78 Å². The van der Waals surface area contributed by atoms with E-state index in [1.807, 2.05) is 31.2 Å². The van der Waals surface area contributed by atoms with E-state index in [2.05, 4.69) is 15.6 Å². The zero-order chi connectivity index (χ0) is 17.1. The molecule has 1 aliphatic heterocycles. The Hall–Kier alpha value is -2.15. The van der Waals surface area contributed by atoms with Crippen LogP contribution in [0, 0.1) is 0 Å². The molecule has 2 atom stereocenters. The molecule has 2 heterocycles. The Morgan fingerprint density at radius 3 is 3.00 bits per heavy atom. The lowest BCUT2D eigenvalue weighted by Crippen LogP contribution is -2.49. The molecule has 3 amide bonds. The normalized spacial score (nSPS) is 19.4. The van der Waals surface area contributed by atoms with Crippen LogP contribution >= 0.6 is 11.3 Å². The van der Waals surface area contributed by atoms with Crippen LogP contribution in [0.25, 0.3) is 10.2 Å². The molecule has 7 heteroatoms. The van der Waals surface area contributed by atoms with Gasteiger partial charge in [0.15, 0.2) is 0 Å². The minimum Gasteiger partial charge on any atom is -0.354 e. The molecule has 2 unspecified atom stereocenters. The van der Waals surface area contributed by atoms with Crippen LogP contribution in [0.5, 0.6) is 0 Å². The Morgan fingerprint density at radius 1 is 1.42 bits per heavy atom. The monoisotopic (exact) mass is 346 g/mol. The second-order valence-corrected chi connectivity index (χ2v) is 7.16. The predicted molar refractivity (Wildman–Crippen MR) is 95.0 cm³/mol. The van der Waals surface area contributed by atoms with Gasteiger partial charge in [-0.1, -0.05) is 12.1 Å². The fourth-order valence-electron chi connectivity index (χ4n) is 2.74. The summed E-state index contributed by atoms with van der Waals surface area (Å²) in [5.41, 5.74) is 0.946. The summed E-state index contributed by atoms with van der Waals surface area (Å²) < 4.78 is 1.11. The van der Waals surface area contributed by atoms with Crippen LogP contribution in [0.4, 0.5) is 4.79 Å². The van der Waals surface area contributed by atoms with Gasteiger partial charge in [0, 0.05) is 13.6 Å². The third-order valence-corrected chi connectivity index (χ3v) is 5.61. The molecule has 2 aromatic rings. The van der Waals surface area contributed by atoms with Crippen molar-refractivity contribution in [2.45, 2.75) is 38.3 Å². The number of para-hydroxylation sites is 1. The summed E-state index contributed by atoms with van der Waals surface area (Å²) in [4.78, 5) is 30.7. The van der Waals surface area contributed by atoms with E-state index in [0.717, 1.165) is 28.1 Å². The molecule has 128 valence electrons. The van der Waals surface area contributed by atoms with Crippen molar-refractivity contribution in [2.75, 3.05) is 13.6 Å². The predicted octanol–water partition coefficient (Wildman–Crippen LogP) is 2.67. The first-order valence-electron chi connectivity index (χ1n) is 8.23. The van der Waals surface area contributed by atoms with E-state index >= 15 is 0 Å². The summed E-state index contributed by atoms with van der Waals surface area (Å²) >= 11 is 1.59. The zero-order valence-electron chi connectivity index (χ0n) is 13.9. The fraction of sp³-hybridized carbons (Fsp3) is 0.471. The van der Waals surface area contributed by atoms with Gasteiger partial charge in [0.2, 0.25) is 5.91 Å². The number of carbonyl (C=O) groups excluding carboxylic acids is 2. The van der Waals surface area contributed by atoms with Gasteiger partial charge in [-0.2, -0.15) is 0 Å². The molecule has 0 saturated carbocycles. The Kier molecular flexibility index (Phi) is 4.99. The summed E-state index contributed by atoms with van der Waals surface area (Å²) in [5.74, 6) is -0.0955. The fourth-order valence-corrected chi connectivity index (χ4v) is 3.80. The van der Waals surface area contributed by atoms with E-state index in [0.29, 0.717) is 13.0 Å². The SMILES string of the molecule is CC(c1nc2ccccc2s1)N(C)C(=O)NC1CCCCNC1=O. The first-order valence-corrected chi connectivity index (χ1v) is 9.04. The molecule has 1 saturated heterocycles. The average molecular weight is 346 g/mol. The molecule has 1 aromatic carbocycles. The van der Waals surface area contributed by atoms with Crippen molar-refractivity contribution in [3.63, 3.8) is 0 Å². The molecule has 3 rings (SSSR count). The number of rotatable bonds is 3. The maximum Gasteiger partial charge on any atom is 0.318 e. The van der Waals surface area contributed by atoms with E-state index < -0.39 is 6.04 Å². The zero-order valence-corrected chi connectivity index (χ0v) is 14.7. The molecule has 1 fully saturated rings. The van der Waals surface area contributed by atoms with Gasteiger partial charge in [0.25, 0.3) is 0 Å². The maximum atomic E-state index is 12.5. The Bertz CT molecular complexity index is 712. The van der Waals surface area contributed by atoms with Crippen molar-refractivity contribution in [1.82, 2.24) is 20.5 Å². The third-order valence-electron chi connectivity index (χ3n) is 4.40. The van der Waals surface area contributed by atoms with Crippen LogP contribution in [-0.4, -0.2) is 41.5 Å². The quantitative estimate of drug-likeness (QED) is 0.897. The van der Waals surface area contributed by atoms with Crippen molar-refractivity contribution >= 4 is 33.5 Å². The minimum atomic E-state index is -0.454. The highest BCUT2D eigenvalue weighted by atomic mass is 32.1. The van der Waals surface area contributed by atoms with Gasteiger partial charge in [-0.15, -0.1) is 11.3 Å². The average Bonchev–Trinajstić information content (AvgIpc) is 2.92. The number of carbonyl (C=O) groups is 2. The van der Waals surface area contributed by atoms with Gasteiger partial charge >= 0.3 is 6.03 Å². The largest absolute Gasteiger partial charge is 0.354 e. The van der Waals surface area contributed by atoms with Crippen LogP contribution < -0.4 is 10.6 Å². The lowest BCUT2D eigenvalue weighted by molar-refractivity contribution is -0.122. The van der Waals surface area contributed by atoms with Crippen LogP contribution in [0.1, 0.15) is 37.2 Å². The van der Waals surface area contributed by atoms with Gasteiger partial charge in [0.05, 0.1) is 16.3 Å². The second kappa shape index (κ2) is 7.17. The number of nitrogens with zero attached hydrogens (tertiary/aromatic N) is 2. The van der Waals surface area contributed by atoms with Crippen molar-refractivity contribution in [3.8, 4) is 0 Å². The summed E-state index contributed by atoms with van der Waals surface area (Å²) in [6.07, 6.45) is 2.57. The number of thiazole rings is 1. The smallest absolute Gasteiger partial charge is 0.318 e. The van der Waals surface area contributed by atoms with E-state index in [1.165, 1.54) is 0 Å². The van der Waals surface area contributed by atoms with Crippen molar-refractivity contribution < 1.29 is 9.59 Å². The Labute approximate surface area is 145 Å². The van der Waals surface area contributed by atoms with Gasteiger partial charge in [-0.3, -0.25) is 4.79 Å². The van der Waals surface area contributed by atoms with Gasteiger partial charge in [0.1, 0.15) is 11.0 Å². The molecule has 0 aliphatic carbocycles. The molecule has 0 spiro atoms. The molecule has 0 radical (unpaired) electrons. The number of hydrogen-bond acceptors (Lipinski definition) is 4. The lowest BCUT2D eigenvalue weighted by atomic mass is 10.1. The van der Waals surface area contributed by atoms with Crippen molar-refractivity contribution in [3.05, 3.63) is 29.3 Å². The number of nitrogens with one attached hydrogen (secondary N) is 2. The molecule has 1 aromatic heterocycles. The molecule has 6 nitrogen and oxygen atoms in total. The second-order valence-electron chi connectivity index (χ2n) is 6.10. The molecule has 1 aliphatic rings. The topological polar surface area (TPSA) is 74.3 Å². The van der Waals surface area contributed by atoms with Crippen molar-refractivity contribution in [2.24, 2.45) is 0 Å². The highest BCUT2D eigenvalue weighted by molar-refractivity contribution is 7.18. The summed E-state index contributed by atoms with van der Waals surface area (Å²) in [6, 6.07) is 7.08. The van der Waals surface area contributed by atoms with Crippen LogP contribution in [-0.2, 0) is 4.79 Å². The molecule has 0 bridgehead atoms. The van der Waals surface area contributed by atoms with Crippen LogP contribution in [0.3, 0.4) is 0 Å². The van der Waals surface area contributed by atoms with E-state index in [1.54, 1.807) is 23.3 Å². The lowest BCUT2D eigenvalue weighted by Gasteiger charge is -2.26. The number of hydrogen-bond donors (Lipinski definition) is 2. The van der Waals surface area contributed by atoms with E-state index in [9.17, 15) is 9.59 Å². The molecule has 24 heavy (non-hydrogen) atoms. The number of urea groups is 1.